The quantitative estimate of drug-likeness (QED) is 0.297. The molecule has 1 aromatic carbocycles. The number of pyridine rings is 1. The van der Waals surface area contributed by atoms with E-state index in [1.165, 1.54) is 24.5 Å². The lowest BCUT2D eigenvalue weighted by atomic mass is 10.0. The second-order valence-electron chi connectivity index (χ2n) is 10.3. The van der Waals surface area contributed by atoms with E-state index in [0.29, 0.717) is 61.0 Å². The van der Waals surface area contributed by atoms with Gasteiger partial charge in [-0.1, -0.05) is 6.08 Å². The number of piperazine rings is 1. The Bertz CT molecular complexity index is 1590. The zero-order valence-electron chi connectivity index (χ0n) is 22.6. The first-order valence-corrected chi connectivity index (χ1v) is 13.1. The van der Waals surface area contributed by atoms with Crippen LogP contribution in [-0.2, 0) is 6.18 Å². The first-order chi connectivity index (χ1) is 19.9. The topological polar surface area (TPSA) is 123 Å². The highest BCUT2D eigenvalue weighted by Gasteiger charge is 2.36. The number of hydrogen-bond acceptors (Lipinski definition) is 8. The van der Waals surface area contributed by atoms with Crippen molar-refractivity contribution in [3.63, 3.8) is 0 Å². The number of aromatic amines is 1. The summed E-state index contributed by atoms with van der Waals surface area (Å²) in [5, 5.41) is 5.91. The van der Waals surface area contributed by atoms with Gasteiger partial charge in [-0.25, -0.2) is 14.4 Å². The second-order valence-corrected chi connectivity index (χ2v) is 10.3. The summed E-state index contributed by atoms with van der Waals surface area (Å²) in [7, 11) is 0. The van der Waals surface area contributed by atoms with Crippen LogP contribution in [0.1, 0.15) is 45.7 Å². The number of nitrogens with zero attached hydrogens (tertiary/aromatic N) is 4. The average Bonchev–Trinajstić information content (AvgIpc) is 3.43. The van der Waals surface area contributed by atoms with Crippen molar-refractivity contribution in [3.8, 4) is 0 Å². The van der Waals surface area contributed by atoms with Gasteiger partial charge in [0, 0.05) is 68.5 Å². The smallest absolute Gasteiger partial charge is 0.367 e. The molecular formula is C28H27F4N7O3. The van der Waals surface area contributed by atoms with E-state index in [1.807, 2.05) is 18.7 Å². The molecule has 2 aromatic heterocycles. The van der Waals surface area contributed by atoms with Crippen molar-refractivity contribution in [2.75, 3.05) is 41.3 Å². The monoisotopic (exact) mass is 585 g/mol. The van der Waals surface area contributed by atoms with Gasteiger partial charge >= 0.3 is 6.18 Å². The number of hydrogen-bond donors (Lipinski definition) is 3. The molecule has 0 spiro atoms. The number of nitrogens with one attached hydrogen (secondary N) is 3. The third kappa shape index (κ3) is 6.03. The van der Waals surface area contributed by atoms with Crippen molar-refractivity contribution >= 4 is 35.1 Å². The van der Waals surface area contributed by atoms with Crippen LogP contribution in [-0.4, -0.2) is 65.4 Å². The molecule has 1 amide bonds. The van der Waals surface area contributed by atoms with Crippen molar-refractivity contribution in [3.05, 3.63) is 81.3 Å². The Hall–Kier alpha value is -4.59. The number of rotatable bonds is 6. The molecular weight excluding hydrogens is 558 g/mol. The molecule has 0 aliphatic carbocycles. The van der Waals surface area contributed by atoms with E-state index in [1.54, 1.807) is 11.0 Å². The summed E-state index contributed by atoms with van der Waals surface area (Å²) in [6, 6.07) is 3.05. The van der Waals surface area contributed by atoms with Crippen molar-refractivity contribution < 1.29 is 27.2 Å². The number of carbonyl (C=O) groups excluding carboxylic acids is 2. The number of benzene rings is 1. The average molecular weight is 586 g/mol. The predicted molar refractivity (Wildman–Crippen MR) is 148 cm³/mol. The maximum absolute atomic E-state index is 15.7. The van der Waals surface area contributed by atoms with Crippen LogP contribution in [0.25, 0.3) is 5.57 Å². The molecule has 2 atom stereocenters. The molecule has 4 heterocycles. The van der Waals surface area contributed by atoms with Gasteiger partial charge in [0.1, 0.15) is 5.82 Å². The molecule has 1 saturated heterocycles. The Morgan fingerprint density at radius 2 is 1.79 bits per heavy atom. The largest absolute Gasteiger partial charge is 0.417 e. The molecule has 1 fully saturated rings. The van der Waals surface area contributed by atoms with Gasteiger partial charge < -0.3 is 25.4 Å². The normalized spacial score (nSPS) is 19.0. The molecule has 0 unspecified atom stereocenters. The van der Waals surface area contributed by atoms with Gasteiger partial charge in [0.25, 0.3) is 5.91 Å². The third-order valence-electron chi connectivity index (χ3n) is 7.05. The molecule has 2 aliphatic heterocycles. The van der Waals surface area contributed by atoms with Crippen LogP contribution in [0, 0.1) is 5.82 Å². The lowest BCUT2D eigenvalue weighted by Crippen LogP contribution is -2.54. The van der Waals surface area contributed by atoms with E-state index in [-0.39, 0.29) is 29.9 Å². The lowest BCUT2D eigenvalue weighted by Gasteiger charge is -2.38. The summed E-state index contributed by atoms with van der Waals surface area (Å²) < 4.78 is 56.8. The fraction of sp³-hybridized carbons (Fsp3) is 0.321. The SMILES string of the molecule is C[C@@H]1CN(c2cc(F)c(C3=CCN(c4ncc(C=O)cn4)C3)cc2NC(=O)c2c[nH]c(=O)cc2C(F)(F)F)C[C@H](C)N1. The van der Waals surface area contributed by atoms with Crippen molar-refractivity contribution in [2.45, 2.75) is 32.1 Å². The zero-order chi connectivity index (χ0) is 30.2. The van der Waals surface area contributed by atoms with Crippen LogP contribution in [0.5, 0.6) is 0 Å². The van der Waals surface area contributed by atoms with Crippen LogP contribution in [0.2, 0.25) is 0 Å². The highest BCUT2D eigenvalue weighted by Crippen LogP contribution is 2.36. The van der Waals surface area contributed by atoms with E-state index in [4.69, 9.17) is 0 Å². The van der Waals surface area contributed by atoms with Gasteiger partial charge in [0.15, 0.2) is 6.29 Å². The van der Waals surface area contributed by atoms with Gasteiger partial charge in [0.05, 0.1) is 28.1 Å². The van der Waals surface area contributed by atoms with Crippen LogP contribution in [0.15, 0.2) is 47.7 Å². The molecule has 220 valence electrons. The van der Waals surface area contributed by atoms with Crippen LogP contribution < -0.4 is 26.0 Å². The van der Waals surface area contributed by atoms with Crippen molar-refractivity contribution in [1.82, 2.24) is 20.3 Å². The molecule has 2 aliphatic rings. The summed E-state index contributed by atoms with van der Waals surface area (Å²) >= 11 is 0. The van der Waals surface area contributed by atoms with E-state index in [0.717, 1.165) is 0 Å². The molecule has 3 N–H and O–H groups in total. The minimum absolute atomic E-state index is 0.0211. The highest BCUT2D eigenvalue weighted by molar-refractivity contribution is 6.07. The van der Waals surface area contributed by atoms with E-state index < -0.39 is 34.6 Å². The number of anilines is 3. The van der Waals surface area contributed by atoms with E-state index in [2.05, 4.69) is 25.6 Å². The Morgan fingerprint density at radius 3 is 2.43 bits per heavy atom. The molecule has 10 nitrogen and oxygen atoms in total. The van der Waals surface area contributed by atoms with Gasteiger partial charge in [-0.05, 0) is 31.6 Å². The fourth-order valence-corrected chi connectivity index (χ4v) is 5.24. The zero-order valence-corrected chi connectivity index (χ0v) is 22.6. The van der Waals surface area contributed by atoms with Crippen molar-refractivity contribution in [1.29, 1.82) is 0 Å². The van der Waals surface area contributed by atoms with Crippen molar-refractivity contribution in [2.24, 2.45) is 0 Å². The fourth-order valence-electron chi connectivity index (χ4n) is 5.24. The molecule has 0 bridgehead atoms. The molecule has 5 rings (SSSR count). The molecule has 0 saturated carbocycles. The standard InChI is InChI=1S/C28H27F4N7O3/c1-15-11-39(12-16(2)36-15)24-7-22(29)19(18-3-4-38(13-18)27-34-8-17(14-40)9-35-27)5-23(24)37-26(42)20-10-33-25(41)6-21(20)28(30,31)32/h3,5-10,14-16,36H,4,11-13H2,1-2H3,(H,33,41)(H,37,42)/t15-,16+. The summed E-state index contributed by atoms with van der Waals surface area (Å²) in [4.78, 5) is 49.8. The number of amides is 1. The number of carbonyl (C=O) groups is 2. The van der Waals surface area contributed by atoms with Crippen LogP contribution >= 0.6 is 0 Å². The molecule has 3 aromatic rings. The summed E-state index contributed by atoms with van der Waals surface area (Å²) in [6.45, 7) is 5.38. The van der Waals surface area contributed by atoms with E-state index >= 15 is 4.39 Å². The maximum atomic E-state index is 15.7. The number of aromatic nitrogens is 3. The second kappa shape index (κ2) is 11.4. The summed E-state index contributed by atoms with van der Waals surface area (Å²) in [6.07, 6.45) is 0.891. The summed E-state index contributed by atoms with van der Waals surface area (Å²) in [5.41, 5.74) is -1.73. The minimum Gasteiger partial charge on any atom is -0.367 e. The summed E-state index contributed by atoms with van der Waals surface area (Å²) in [5.74, 6) is -1.36. The number of aldehydes is 1. The lowest BCUT2D eigenvalue weighted by molar-refractivity contribution is -0.138. The third-order valence-corrected chi connectivity index (χ3v) is 7.05. The Balaban J connectivity index is 1.51. The van der Waals surface area contributed by atoms with Crippen LogP contribution in [0.4, 0.5) is 34.9 Å². The first-order valence-electron chi connectivity index (χ1n) is 13.1. The number of alkyl halides is 3. The van der Waals surface area contributed by atoms with Gasteiger partial charge in [-0.15, -0.1) is 0 Å². The minimum atomic E-state index is -4.95. The molecule has 42 heavy (non-hydrogen) atoms. The van der Waals surface area contributed by atoms with Gasteiger partial charge in [-0.2, -0.15) is 13.2 Å². The highest BCUT2D eigenvalue weighted by atomic mass is 19.4. The maximum Gasteiger partial charge on any atom is 0.417 e. The number of H-pyrrole nitrogens is 1. The number of halogens is 4. The Kier molecular flexibility index (Phi) is 7.82. The molecule has 0 radical (unpaired) electrons. The van der Waals surface area contributed by atoms with E-state index in [9.17, 15) is 27.6 Å². The Morgan fingerprint density at radius 1 is 1.10 bits per heavy atom. The van der Waals surface area contributed by atoms with Crippen LogP contribution in [0.3, 0.4) is 0 Å². The van der Waals surface area contributed by atoms with Gasteiger partial charge in [0.2, 0.25) is 11.5 Å². The Labute approximate surface area is 237 Å². The molecule has 14 heteroatoms. The predicted octanol–water partition coefficient (Wildman–Crippen LogP) is 3.48. The van der Waals surface area contributed by atoms with Gasteiger partial charge in [-0.3, -0.25) is 14.4 Å². The first kappa shape index (κ1) is 28.9.